The highest BCUT2D eigenvalue weighted by Gasteiger charge is 2.13. The van der Waals surface area contributed by atoms with Crippen molar-refractivity contribution in [2.24, 2.45) is 0 Å². The van der Waals surface area contributed by atoms with E-state index in [1.54, 1.807) is 0 Å². The summed E-state index contributed by atoms with van der Waals surface area (Å²) in [6.07, 6.45) is 2.80. The van der Waals surface area contributed by atoms with Crippen molar-refractivity contribution >= 4 is 11.6 Å². The normalized spacial score (nSPS) is 10.8. The van der Waals surface area contributed by atoms with Gasteiger partial charge in [-0.15, -0.1) is 0 Å². The second kappa shape index (κ2) is 7.73. The number of aryl methyl sites for hydroxylation is 3. The van der Waals surface area contributed by atoms with Crippen molar-refractivity contribution in [2.75, 3.05) is 5.32 Å². The van der Waals surface area contributed by atoms with Gasteiger partial charge in [-0.3, -0.25) is 4.57 Å². The van der Waals surface area contributed by atoms with Crippen LogP contribution < -0.4 is 5.32 Å². The number of nitrogens with zero attached hydrogens (tertiary/aromatic N) is 2. The first-order chi connectivity index (χ1) is 13.6. The Morgan fingerprint density at radius 3 is 1.86 bits per heavy atom. The van der Waals surface area contributed by atoms with Crippen molar-refractivity contribution < 1.29 is 0 Å². The van der Waals surface area contributed by atoms with Gasteiger partial charge in [0.1, 0.15) is 0 Å². The van der Waals surface area contributed by atoms with Crippen LogP contribution in [0, 0.1) is 20.8 Å². The van der Waals surface area contributed by atoms with Crippen LogP contribution in [0.1, 0.15) is 27.9 Å². The van der Waals surface area contributed by atoms with Gasteiger partial charge in [-0.1, -0.05) is 65.2 Å². The van der Waals surface area contributed by atoms with E-state index in [9.17, 15) is 0 Å². The summed E-state index contributed by atoms with van der Waals surface area (Å²) in [6.45, 7) is 6.32. The van der Waals surface area contributed by atoms with E-state index < -0.39 is 0 Å². The molecule has 0 fully saturated rings. The molecule has 1 heterocycles. The van der Waals surface area contributed by atoms with Crippen LogP contribution in [-0.2, 0) is 6.42 Å². The molecule has 4 aromatic rings. The summed E-state index contributed by atoms with van der Waals surface area (Å²) in [5.74, 6) is 0.829. The predicted octanol–water partition coefficient (Wildman–Crippen LogP) is 6.13. The van der Waals surface area contributed by atoms with Crippen LogP contribution in [0.15, 0.2) is 79.0 Å². The molecular formula is C25H25N3. The van der Waals surface area contributed by atoms with Crippen LogP contribution in [0.4, 0.5) is 11.6 Å². The molecule has 0 bridgehead atoms. The number of benzene rings is 3. The largest absolute Gasteiger partial charge is 0.325 e. The number of rotatable bonds is 5. The molecule has 0 saturated heterocycles. The van der Waals surface area contributed by atoms with Crippen LogP contribution in [0.25, 0.3) is 5.69 Å². The highest BCUT2D eigenvalue weighted by molar-refractivity contribution is 5.57. The highest BCUT2D eigenvalue weighted by Crippen LogP contribution is 2.24. The Kier molecular flexibility index (Phi) is 4.98. The Balaban J connectivity index is 1.73. The van der Waals surface area contributed by atoms with Crippen molar-refractivity contribution in [3.63, 3.8) is 0 Å². The SMILES string of the molecule is Cc1ccc(Cc2cnc(Nc3ccc(C)cc3)n2-c2ccc(C)cc2)cc1. The number of aromatic nitrogens is 2. The maximum absolute atomic E-state index is 4.70. The third-order valence-electron chi connectivity index (χ3n) is 4.94. The molecule has 0 saturated carbocycles. The zero-order valence-corrected chi connectivity index (χ0v) is 16.6. The molecule has 140 valence electrons. The van der Waals surface area contributed by atoms with E-state index in [0.29, 0.717) is 0 Å². The van der Waals surface area contributed by atoms with Gasteiger partial charge < -0.3 is 5.32 Å². The smallest absolute Gasteiger partial charge is 0.212 e. The fraction of sp³-hybridized carbons (Fsp3) is 0.160. The molecule has 3 nitrogen and oxygen atoms in total. The highest BCUT2D eigenvalue weighted by atomic mass is 15.2. The first-order valence-corrected chi connectivity index (χ1v) is 9.61. The molecule has 1 aromatic heterocycles. The maximum atomic E-state index is 4.70. The first-order valence-electron chi connectivity index (χ1n) is 9.61. The van der Waals surface area contributed by atoms with Crippen molar-refractivity contribution in [1.29, 1.82) is 0 Å². The molecule has 0 aliphatic rings. The Morgan fingerprint density at radius 2 is 1.25 bits per heavy atom. The fourth-order valence-electron chi connectivity index (χ4n) is 3.26. The minimum Gasteiger partial charge on any atom is -0.325 e. The van der Waals surface area contributed by atoms with Crippen molar-refractivity contribution in [3.05, 3.63) is 107 Å². The van der Waals surface area contributed by atoms with Gasteiger partial charge >= 0.3 is 0 Å². The third kappa shape index (κ3) is 3.99. The Labute approximate surface area is 166 Å². The average molecular weight is 367 g/mol. The molecule has 3 heteroatoms. The fourth-order valence-corrected chi connectivity index (χ4v) is 3.26. The Morgan fingerprint density at radius 1 is 0.714 bits per heavy atom. The summed E-state index contributed by atoms with van der Waals surface area (Å²) in [6, 6.07) is 25.7. The van der Waals surface area contributed by atoms with E-state index in [2.05, 4.69) is 103 Å². The molecule has 0 spiro atoms. The summed E-state index contributed by atoms with van der Waals surface area (Å²) < 4.78 is 2.21. The average Bonchev–Trinajstić information content (AvgIpc) is 3.08. The molecule has 1 N–H and O–H groups in total. The Hall–Kier alpha value is -3.33. The summed E-state index contributed by atoms with van der Waals surface area (Å²) >= 11 is 0. The van der Waals surface area contributed by atoms with Crippen molar-refractivity contribution in [2.45, 2.75) is 27.2 Å². The van der Waals surface area contributed by atoms with E-state index in [1.807, 2.05) is 6.20 Å². The van der Waals surface area contributed by atoms with Crippen LogP contribution in [0.3, 0.4) is 0 Å². The second-order valence-corrected chi connectivity index (χ2v) is 7.40. The second-order valence-electron chi connectivity index (χ2n) is 7.40. The van der Waals surface area contributed by atoms with Gasteiger partial charge in [0.2, 0.25) is 5.95 Å². The predicted molar refractivity (Wildman–Crippen MR) is 117 cm³/mol. The van der Waals surface area contributed by atoms with Gasteiger partial charge in [0.25, 0.3) is 0 Å². The Bertz CT molecular complexity index is 991. The van der Waals surface area contributed by atoms with Crippen LogP contribution >= 0.6 is 0 Å². The van der Waals surface area contributed by atoms with E-state index in [1.165, 1.54) is 22.3 Å². The minimum absolute atomic E-state index is 0.829. The molecule has 3 aromatic carbocycles. The lowest BCUT2D eigenvalue weighted by atomic mass is 10.1. The lowest BCUT2D eigenvalue weighted by molar-refractivity contribution is 0.960. The van der Waals surface area contributed by atoms with Gasteiger partial charge in [-0.2, -0.15) is 0 Å². The van der Waals surface area contributed by atoms with Gasteiger partial charge in [-0.25, -0.2) is 4.98 Å². The van der Waals surface area contributed by atoms with Crippen molar-refractivity contribution in [1.82, 2.24) is 9.55 Å². The van der Waals surface area contributed by atoms with Crippen LogP contribution in [0.2, 0.25) is 0 Å². The van der Waals surface area contributed by atoms with Gasteiger partial charge in [0, 0.05) is 23.5 Å². The van der Waals surface area contributed by atoms with Crippen LogP contribution in [0.5, 0.6) is 0 Å². The van der Waals surface area contributed by atoms with Gasteiger partial charge in [0.15, 0.2) is 0 Å². The molecule has 0 aliphatic carbocycles. The molecule has 0 amide bonds. The number of hydrogen-bond donors (Lipinski definition) is 1. The van der Waals surface area contributed by atoms with E-state index in [4.69, 9.17) is 4.98 Å². The molecule has 4 rings (SSSR count). The van der Waals surface area contributed by atoms with Gasteiger partial charge in [0.05, 0.1) is 6.20 Å². The molecule has 0 radical (unpaired) electrons. The topological polar surface area (TPSA) is 29.9 Å². The zero-order valence-electron chi connectivity index (χ0n) is 16.6. The molecule has 28 heavy (non-hydrogen) atoms. The third-order valence-corrected chi connectivity index (χ3v) is 4.94. The van der Waals surface area contributed by atoms with Crippen LogP contribution in [-0.4, -0.2) is 9.55 Å². The summed E-state index contributed by atoms with van der Waals surface area (Å²) in [5, 5.41) is 3.48. The molecule has 0 aliphatic heterocycles. The number of hydrogen-bond acceptors (Lipinski definition) is 2. The lowest BCUT2D eigenvalue weighted by Crippen LogP contribution is -2.06. The quantitative estimate of drug-likeness (QED) is 0.460. The van der Waals surface area contributed by atoms with E-state index >= 15 is 0 Å². The van der Waals surface area contributed by atoms with E-state index in [0.717, 1.165) is 29.4 Å². The molecule has 0 atom stereocenters. The number of nitrogens with one attached hydrogen (secondary N) is 1. The lowest BCUT2D eigenvalue weighted by Gasteiger charge is -2.14. The first kappa shape index (κ1) is 18.1. The molecule has 0 unspecified atom stereocenters. The minimum atomic E-state index is 0.829. The standard InChI is InChI=1S/C25H25N3/c1-18-4-10-21(11-5-18)16-24-17-26-25(27-22-12-6-19(2)7-13-22)28(24)23-14-8-20(3)9-15-23/h4-15,17H,16H2,1-3H3,(H,26,27). The summed E-state index contributed by atoms with van der Waals surface area (Å²) in [5.41, 5.74) is 8.34. The summed E-state index contributed by atoms with van der Waals surface area (Å²) in [7, 11) is 0. The number of imidazole rings is 1. The van der Waals surface area contributed by atoms with Gasteiger partial charge in [-0.05, 0) is 50.6 Å². The maximum Gasteiger partial charge on any atom is 0.212 e. The monoisotopic (exact) mass is 367 g/mol. The number of anilines is 2. The molecular weight excluding hydrogens is 342 g/mol. The summed E-state index contributed by atoms with van der Waals surface area (Å²) in [4.78, 5) is 4.70. The zero-order chi connectivity index (χ0) is 19.5. The van der Waals surface area contributed by atoms with Crippen molar-refractivity contribution in [3.8, 4) is 5.69 Å². The van der Waals surface area contributed by atoms with E-state index in [-0.39, 0.29) is 0 Å².